The van der Waals surface area contributed by atoms with E-state index in [1.165, 1.54) is 12.1 Å². The second-order valence-electron chi connectivity index (χ2n) is 8.87. The number of nitrogens with zero attached hydrogens (tertiary/aromatic N) is 5. The van der Waals surface area contributed by atoms with E-state index in [9.17, 15) is 19.2 Å². The molecular weight excluding hydrogens is 409 g/mol. The van der Waals surface area contributed by atoms with Gasteiger partial charge in [0, 0.05) is 57.3 Å². The van der Waals surface area contributed by atoms with Gasteiger partial charge < -0.3 is 14.7 Å². The number of hydrogen-bond donors (Lipinski definition) is 0. The minimum Gasteiger partial charge on any atom is -0.370 e. The fourth-order valence-electron chi connectivity index (χ4n) is 4.54. The van der Waals surface area contributed by atoms with Gasteiger partial charge in [0.1, 0.15) is 5.82 Å². The Hall–Kier alpha value is -3.21. The summed E-state index contributed by atoms with van der Waals surface area (Å²) < 4.78 is 14.2. The van der Waals surface area contributed by atoms with Crippen molar-refractivity contribution in [1.82, 2.24) is 14.8 Å². The Morgan fingerprint density at radius 3 is 2.41 bits per heavy atom. The SMILES string of the molecule is CCC(=O)N1CCN(C(=O)c2cnc3ccc(F)cc3c2N2CCC(C)(C#N)CC2)CC1. The predicted octanol–water partition coefficient (Wildman–Crippen LogP) is 3.20. The monoisotopic (exact) mass is 437 g/mol. The molecular formula is C24H28FN5O2. The van der Waals surface area contributed by atoms with Crippen LogP contribution >= 0.6 is 0 Å². The molecule has 7 nitrogen and oxygen atoms in total. The van der Waals surface area contributed by atoms with Crippen LogP contribution in [0.15, 0.2) is 24.4 Å². The molecule has 0 unspecified atom stereocenters. The fourth-order valence-corrected chi connectivity index (χ4v) is 4.54. The third kappa shape index (κ3) is 4.12. The highest BCUT2D eigenvalue weighted by Crippen LogP contribution is 2.37. The smallest absolute Gasteiger partial charge is 0.257 e. The van der Waals surface area contributed by atoms with Crippen LogP contribution in [0.2, 0.25) is 0 Å². The zero-order valence-electron chi connectivity index (χ0n) is 18.6. The van der Waals surface area contributed by atoms with Gasteiger partial charge in [0.05, 0.1) is 28.3 Å². The summed E-state index contributed by atoms with van der Waals surface area (Å²) in [6.45, 7) is 6.94. The Morgan fingerprint density at radius 2 is 1.78 bits per heavy atom. The van der Waals surface area contributed by atoms with Crippen molar-refractivity contribution in [3.8, 4) is 6.07 Å². The number of hydrogen-bond acceptors (Lipinski definition) is 5. The molecule has 8 heteroatoms. The lowest BCUT2D eigenvalue weighted by atomic mass is 9.81. The number of piperidine rings is 1. The van der Waals surface area contributed by atoms with Gasteiger partial charge in [-0.25, -0.2) is 4.39 Å². The summed E-state index contributed by atoms with van der Waals surface area (Å²) in [6.07, 6.45) is 3.39. The number of carbonyl (C=O) groups excluding carboxylic acids is 2. The first-order chi connectivity index (χ1) is 15.3. The number of nitriles is 1. The topological polar surface area (TPSA) is 80.5 Å². The Morgan fingerprint density at radius 1 is 1.12 bits per heavy atom. The van der Waals surface area contributed by atoms with Crippen molar-refractivity contribution in [2.45, 2.75) is 33.1 Å². The van der Waals surface area contributed by atoms with Gasteiger partial charge in [0.15, 0.2) is 0 Å². The van der Waals surface area contributed by atoms with Crippen LogP contribution in [-0.2, 0) is 4.79 Å². The lowest BCUT2D eigenvalue weighted by Crippen LogP contribution is -2.50. The molecule has 2 aliphatic rings. The Kier molecular flexibility index (Phi) is 6.00. The van der Waals surface area contributed by atoms with Crippen LogP contribution < -0.4 is 4.90 Å². The lowest BCUT2D eigenvalue weighted by Gasteiger charge is -2.39. The molecule has 2 saturated heterocycles. The van der Waals surface area contributed by atoms with Crippen LogP contribution in [0.25, 0.3) is 10.9 Å². The number of pyridine rings is 1. The zero-order chi connectivity index (χ0) is 22.9. The third-order valence-corrected chi connectivity index (χ3v) is 6.71. The summed E-state index contributed by atoms with van der Waals surface area (Å²) in [5, 5.41) is 10.1. The van der Waals surface area contributed by atoms with Crippen molar-refractivity contribution in [1.29, 1.82) is 5.26 Å². The molecule has 2 aliphatic heterocycles. The molecule has 1 aromatic carbocycles. The number of benzene rings is 1. The number of anilines is 1. The molecule has 0 radical (unpaired) electrons. The first-order valence-electron chi connectivity index (χ1n) is 11.2. The van der Waals surface area contributed by atoms with Crippen molar-refractivity contribution in [3.63, 3.8) is 0 Å². The second kappa shape index (κ2) is 8.73. The molecule has 2 fully saturated rings. The van der Waals surface area contributed by atoms with E-state index in [1.807, 2.05) is 13.8 Å². The minimum atomic E-state index is -0.392. The highest BCUT2D eigenvalue weighted by atomic mass is 19.1. The Balaban J connectivity index is 1.67. The lowest BCUT2D eigenvalue weighted by molar-refractivity contribution is -0.132. The fraction of sp³-hybridized carbons (Fsp3) is 0.500. The van der Waals surface area contributed by atoms with Gasteiger partial charge in [-0.05, 0) is 38.0 Å². The summed E-state index contributed by atoms with van der Waals surface area (Å²) in [5.41, 5.74) is 1.37. The van der Waals surface area contributed by atoms with E-state index in [-0.39, 0.29) is 17.6 Å². The number of aromatic nitrogens is 1. The van der Waals surface area contributed by atoms with Crippen molar-refractivity contribution in [3.05, 3.63) is 35.8 Å². The Labute approximate surface area is 187 Å². The number of rotatable bonds is 3. The van der Waals surface area contributed by atoms with Crippen LogP contribution in [0, 0.1) is 22.6 Å². The van der Waals surface area contributed by atoms with E-state index in [2.05, 4.69) is 16.0 Å². The maximum absolute atomic E-state index is 14.2. The second-order valence-corrected chi connectivity index (χ2v) is 8.87. The minimum absolute atomic E-state index is 0.0921. The molecule has 1 aromatic heterocycles. The molecule has 0 saturated carbocycles. The highest BCUT2D eigenvalue weighted by Gasteiger charge is 2.33. The van der Waals surface area contributed by atoms with Crippen LogP contribution in [0.1, 0.15) is 43.5 Å². The zero-order valence-corrected chi connectivity index (χ0v) is 18.6. The van der Waals surface area contributed by atoms with Crippen molar-refractivity contribution in [2.75, 3.05) is 44.2 Å². The third-order valence-electron chi connectivity index (χ3n) is 6.71. The van der Waals surface area contributed by atoms with Crippen molar-refractivity contribution < 1.29 is 14.0 Å². The maximum Gasteiger partial charge on any atom is 0.257 e. The first-order valence-corrected chi connectivity index (χ1v) is 11.2. The van der Waals surface area contributed by atoms with Gasteiger partial charge >= 0.3 is 0 Å². The molecule has 0 aliphatic carbocycles. The first kappa shape index (κ1) is 22.0. The standard InChI is InChI=1S/C24H28FN5O2/c1-3-21(31)28-10-12-30(13-11-28)23(32)19-15-27-20-5-4-17(25)14-18(20)22(19)29-8-6-24(2,16-26)7-9-29/h4-5,14-15H,3,6-13H2,1-2H3. The molecule has 0 atom stereocenters. The van der Waals surface area contributed by atoms with Gasteiger partial charge in [-0.3, -0.25) is 14.6 Å². The summed E-state index contributed by atoms with van der Waals surface area (Å²) in [5.74, 6) is -0.443. The Bertz CT molecular complexity index is 1080. The van der Waals surface area contributed by atoms with E-state index < -0.39 is 5.41 Å². The van der Waals surface area contributed by atoms with Gasteiger partial charge in [0.25, 0.3) is 5.91 Å². The molecule has 3 heterocycles. The molecule has 0 N–H and O–H groups in total. The van der Waals surface area contributed by atoms with Crippen LogP contribution in [-0.4, -0.2) is 65.9 Å². The summed E-state index contributed by atoms with van der Waals surface area (Å²) in [4.78, 5) is 35.6. The van der Waals surface area contributed by atoms with Gasteiger partial charge in [0.2, 0.25) is 5.91 Å². The molecule has 2 aromatic rings. The quantitative estimate of drug-likeness (QED) is 0.737. The molecule has 2 amide bonds. The van der Waals surface area contributed by atoms with Crippen LogP contribution in [0.4, 0.5) is 10.1 Å². The molecule has 0 bridgehead atoms. The van der Waals surface area contributed by atoms with Crippen molar-refractivity contribution in [2.24, 2.45) is 5.41 Å². The summed E-state index contributed by atoms with van der Waals surface area (Å²) >= 11 is 0. The van der Waals surface area contributed by atoms with E-state index >= 15 is 0 Å². The van der Waals surface area contributed by atoms with Crippen molar-refractivity contribution >= 4 is 28.4 Å². The molecule has 0 spiro atoms. The average molecular weight is 438 g/mol. The largest absolute Gasteiger partial charge is 0.370 e. The van der Waals surface area contributed by atoms with Crippen LogP contribution in [0.3, 0.4) is 0 Å². The number of halogens is 1. The van der Waals surface area contributed by atoms with E-state index in [4.69, 9.17) is 0 Å². The normalized spacial score (nSPS) is 18.5. The van der Waals surface area contributed by atoms with E-state index in [1.54, 1.807) is 22.1 Å². The number of carbonyl (C=O) groups is 2. The summed E-state index contributed by atoms with van der Waals surface area (Å²) in [7, 11) is 0. The van der Waals surface area contributed by atoms with E-state index in [0.717, 1.165) is 0 Å². The van der Waals surface area contributed by atoms with E-state index in [0.29, 0.717) is 80.7 Å². The number of amides is 2. The van der Waals surface area contributed by atoms with Gasteiger partial charge in [-0.2, -0.15) is 5.26 Å². The summed E-state index contributed by atoms with van der Waals surface area (Å²) in [6, 6.07) is 6.83. The maximum atomic E-state index is 14.2. The molecule has 4 rings (SSSR count). The van der Waals surface area contributed by atoms with Gasteiger partial charge in [-0.1, -0.05) is 6.92 Å². The molecule has 168 valence electrons. The number of piperazine rings is 1. The van der Waals surface area contributed by atoms with Gasteiger partial charge in [-0.15, -0.1) is 0 Å². The number of fused-ring (bicyclic) bond motifs is 1. The molecule has 32 heavy (non-hydrogen) atoms. The van der Waals surface area contributed by atoms with Crippen LogP contribution in [0.5, 0.6) is 0 Å². The average Bonchev–Trinajstić information content (AvgIpc) is 2.83. The predicted molar refractivity (Wildman–Crippen MR) is 120 cm³/mol. The highest BCUT2D eigenvalue weighted by molar-refractivity contribution is 6.07.